The standard InChI is InChI=1S/C15H22F6O4.C15H15F3O6.C13H18F6O3.C12H16F6O3.C11H14F6O3.C10H12F6O3/c1-8(2)10(22)24-12(5,6)13(14(16,17)18,15(19,20)21)25-11(23-7)9(3)4;1-5(2)12(19)23-10-6-3-7-9(14(21)24-11(7)10)8(6)13(20)22-4-15(16,17)18;1-7(2)5-9(22-10(20)8(3)4)6-11(21,12(14,15)16)13(17,18)19;1-6(2)5-8(21-9(19)7(3)4)10(20,11(13,14)15)12(16,17)18;1-5(2)7(20-8(18)6(3)4)9(19,10(12,13)14)11(15,16)17;1-5(2)6(17)19-7(3,4)8(18,9(11,12)13)10(14,15)16/h9,11H,1H2,2-7H3;6-11H,1,3-4H2,2H3;7,9,21H,3,5-6H2,1-2,4H3;6,8,20H,3,5H2,1-2,4H3;5,7,19H,3H2,1-2,4H3;18H,1H2,2-4H3. The van der Waals surface area contributed by atoms with E-state index in [2.05, 4.69) is 77.4 Å². The Morgan fingerprint density at radius 2 is 0.771 bits per heavy atom. The van der Waals surface area contributed by atoms with Gasteiger partial charge < -0.3 is 67.8 Å². The SMILES string of the molecule is C=C(C)C(=O)OC(C(C)C)C(O)(C(F)(F)F)C(F)(F)F.C=C(C)C(=O)OC(C)(C)C(O)(C(F)(F)F)C(F)(F)F.C=C(C)C(=O)OC(C)(C)C(OC(OC)C(C)C)(C(F)(F)F)C(F)(F)F.C=C(C)C(=O)OC(CC(C)C)C(O)(C(F)(F)F)C(F)(F)F.C=C(C)C(=O)OC(CC(C)C)CC(O)(C(F)(F)F)C(F)(F)F.C=C(C)C(=O)OC1C2CC3C1OC(=O)C3C2C(=O)OCC(F)(F)F. The number of esters is 8. The highest BCUT2D eigenvalue weighted by Gasteiger charge is 2.83. The van der Waals surface area contributed by atoms with Crippen LogP contribution in [0, 0.1) is 47.3 Å². The minimum absolute atomic E-state index is 0.134. The van der Waals surface area contributed by atoms with Crippen LogP contribution >= 0.6 is 0 Å². The Balaban J connectivity index is -0.00000150. The van der Waals surface area contributed by atoms with Gasteiger partial charge in [0.05, 0.1) is 11.8 Å². The second-order valence-corrected chi connectivity index (χ2v) is 32.3. The van der Waals surface area contributed by atoms with Gasteiger partial charge in [0.2, 0.25) is 0 Å². The van der Waals surface area contributed by atoms with E-state index in [1.807, 2.05) is 0 Å². The number of halogens is 33. The summed E-state index contributed by atoms with van der Waals surface area (Å²) in [5.74, 6) is -15.6. The van der Waals surface area contributed by atoms with Crippen LogP contribution in [0.15, 0.2) is 72.9 Å². The normalized spacial score (nSPS) is 18.9. The van der Waals surface area contributed by atoms with Gasteiger partial charge >= 0.3 is 121 Å². The van der Waals surface area contributed by atoms with E-state index < -0.39 is 252 Å². The van der Waals surface area contributed by atoms with Crippen LogP contribution in [0.1, 0.15) is 150 Å². The summed E-state index contributed by atoms with van der Waals surface area (Å²) in [4.78, 5) is 92.3. The predicted molar refractivity (Wildman–Crippen MR) is 382 cm³/mol. The molecule has 55 heteroatoms. The van der Waals surface area contributed by atoms with Crippen LogP contribution in [0.2, 0.25) is 0 Å². The number of ether oxygens (including phenoxy) is 10. The highest BCUT2D eigenvalue weighted by molar-refractivity contribution is 5.90. The molecule has 4 N–H and O–H groups in total. The summed E-state index contributed by atoms with van der Waals surface area (Å²) in [6.45, 7) is 36.0. The van der Waals surface area contributed by atoms with Crippen molar-refractivity contribution in [2.75, 3.05) is 13.7 Å². The van der Waals surface area contributed by atoms with Crippen LogP contribution in [0.3, 0.4) is 0 Å². The molecule has 10 atom stereocenters. The molecule has 0 amide bonds. The van der Waals surface area contributed by atoms with Gasteiger partial charge in [0.25, 0.3) is 22.4 Å². The van der Waals surface area contributed by atoms with Gasteiger partial charge in [0.1, 0.15) is 24.4 Å². The minimum atomic E-state index is -6.08. The fourth-order valence-electron chi connectivity index (χ4n) is 11.9. The van der Waals surface area contributed by atoms with Gasteiger partial charge in [-0.1, -0.05) is 94.9 Å². The molecule has 2 saturated carbocycles. The third-order valence-corrected chi connectivity index (χ3v) is 18.5. The molecule has 1 heterocycles. The summed E-state index contributed by atoms with van der Waals surface area (Å²) >= 11 is 0. The van der Waals surface area contributed by atoms with Gasteiger partial charge in [-0.25, -0.2) is 28.8 Å². The largest absolute Gasteiger partial charge is 0.459 e. The molecule has 764 valence electrons. The first kappa shape index (κ1) is 127. The predicted octanol–water partition coefficient (Wildman–Crippen LogP) is 18.6. The Morgan fingerprint density at radius 1 is 0.427 bits per heavy atom. The van der Waals surface area contributed by atoms with E-state index in [9.17, 15) is 193 Å². The summed E-state index contributed by atoms with van der Waals surface area (Å²) in [6, 6.07) is 0. The number of hydrogen-bond donors (Lipinski definition) is 4. The molecule has 0 radical (unpaired) electrons. The van der Waals surface area contributed by atoms with E-state index in [1.54, 1.807) is 0 Å². The molecule has 22 nitrogen and oxygen atoms in total. The number of methoxy groups -OCH3 is 1. The zero-order valence-corrected chi connectivity index (χ0v) is 72.5. The molecule has 0 aromatic heterocycles. The number of rotatable bonds is 29. The molecule has 1 saturated heterocycles. The third-order valence-electron chi connectivity index (χ3n) is 18.5. The molecule has 3 fully saturated rings. The molecule has 131 heavy (non-hydrogen) atoms. The molecule has 3 aliphatic rings. The van der Waals surface area contributed by atoms with Crippen molar-refractivity contribution in [3.05, 3.63) is 72.9 Å². The summed E-state index contributed by atoms with van der Waals surface area (Å²) in [6.07, 6.45) is -78.2. The van der Waals surface area contributed by atoms with Crippen LogP contribution in [-0.2, 0) is 85.7 Å². The molecule has 0 aromatic carbocycles. The molecule has 0 spiro atoms. The van der Waals surface area contributed by atoms with Crippen LogP contribution < -0.4 is 0 Å². The molecular formula is C76H97F33O22. The summed E-state index contributed by atoms with van der Waals surface area (Å²) in [7, 11) is 0.912. The van der Waals surface area contributed by atoms with E-state index in [0.29, 0.717) is 34.1 Å². The van der Waals surface area contributed by atoms with Gasteiger partial charge in [-0.2, -0.15) is 145 Å². The highest BCUT2D eigenvalue weighted by atomic mass is 19.5. The second-order valence-electron chi connectivity index (χ2n) is 32.3. The van der Waals surface area contributed by atoms with Crippen molar-refractivity contribution >= 4 is 47.8 Å². The van der Waals surface area contributed by atoms with Crippen molar-refractivity contribution in [3.63, 3.8) is 0 Å². The number of hydrogen-bond acceptors (Lipinski definition) is 22. The topological polar surface area (TPSA) is 310 Å². The maximum absolute atomic E-state index is 13.7. The number of carbonyl (C=O) groups is 8. The van der Waals surface area contributed by atoms with Crippen molar-refractivity contribution in [2.24, 2.45) is 47.3 Å². The maximum Gasteiger partial charge on any atom is 0.430 e. The average Bonchev–Trinajstić information content (AvgIpc) is 1.59. The van der Waals surface area contributed by atoms with E-state index in [-0.39, 0.29) is 46.1 Å². The van der Waals surface area contributed by atoms with Gasteiger partial charge in [-0.05, 0) is 106 Å². The van der Waals surface area contributed by atoms with Crippen LogP contribution in [0.25, 0.3) is 0 Å². The molecule has 10 unspecified atom stereocenters. The first-order valence-electron chi connectivity index (χ1n) is 37.0. The molecule has 1 aliphatic heterocycles. The minimum Gasteiger partial charge on any atom is -0.459 e. The Hall–Kier alpha value is -8.35. The monoisotopic (exact) mass is 1990 g/mol. The average molecular weight is 1990 g/mol. The smallest absolute Gasteiger partial charge is 0.430 e. The van der Waals surface area contributed by atoms with E-state index >= 15 is 0 Å². The van der Waals surface area contributed by atoms with Crippen molar-refractivity contribution in [1.29, 1.82) is 0 Å². The zero-order valence-electron chi connectivity index (χ0n) is 72.5. The lowest BCUT2D eigenvalue weighted by molar-refractivity contribution is -0.445. The Labute approximate surface area is 725 Å². The zero-order chi connectivity index (χ0) is 106. The second kappa shape index (κ2) is 44.9. The Morgan fingerprint density at radius 3 is 1.06 bits per heavy atom. The lowest BCUT2D eigenvalue weighted by Gasteiger charge is -2.48. The van der Waals surface area contributed by atoms with Gasteiger partial charge in [0, 0.05) is 64.7 Å². The fraction of sp³-hybridized carbons (Fsp3) is 0.737. The molecule has 2 bridgehead atoms. The first-order valence-corrected chi connectivity index (χ1v) is 37.0. The van der Waals surface area contributed by atoms with E-state index in [4.69, 9.17) is 19.7 Å². The van der Waals surface area contributed by atoms with Crippen molar-refractivity contribution in [3.8, 4) is 0 Å². The molecular weight excluding hydrogens is 1890 g/mol. The Kier molecular flexibility index (Phi) is 43.4. The maximum atomic E-state index is 13.7. The fourth-order valence-corrected chi connectivity index (χ4v) is 11.9. The van der Waals surface area contributed by atoms with E-state index in [1.165, 1.54) is 55.4 Å². The van der Waals surface area contributed by atoms with Crippen molar-refractivity contribution in [1.82, 2.24) is 0 Å². The number of alkyl halides is 33. The third kappa shape index (κ3) is 31.4. The van der Waals surface area contributed by atoms with Crippen molar-refractivity contribution in [2.45, 2.75) is 294 Å². The highest BCUT2D eigenvalue weighted by Crippen LogP contribution is 2.61. The molecule has 2 aliphatic carbocycles. The summed E-state index contributed by atoms with van der Waals surface area (Å²) < 4.78 is 468. The molecule has 0 aromatic rings. The van der Waals surface area contributed by atoms with Crippen LogP contribution in [0.4, 0.5) is 145 Å². The number of carbonyl (C=O) groups excluding carboxylic acids is 8. The Bertz CT molecular complexity index is 3890. The quantitative estimate of drug-likeness (QED) is 0.0178. The van der Waals surface area contributed by atoms with Gasteiger partial charge in [0.15, 0.2) is 30.2 Å². The first-order chi connectivity index (χ1) is 57.5. The molecule has 3 rings (SSSR count). The number of fused-ring (bicyclic) bond motifs is 1. The van der Waals surface area contributed by atoms with Gasteiger partial charge in [-0.3, -0.25) is 9.59 Å². The lowest BCUT2D eigenvalue weighted by atomic mass is 9.78. The van der Waals surface area contributed by atoms with E-state index in [0.717, 1.165) is 48.7 Å². The van der Waals surface area contributed by atoms with Crippen molar-refractivity contribution < 1.29 is 251 Å². The summed E-state index contributed by atoms with van der Waals surface area (Å²) in [5, 5.41) is 36.7. The number of aliphatic hydroxyl groups is 4. The summed E-state index contributed by atoms with van der Waals surface area (Å²) in [5.41, 5.74) is -33.3. The van der Waals surface area contributed by atoms with Crippen LogP contribution in [-0.4, -0.2) is 226 Å². The van der Waals surface area contributed by atoms with Crippen LogP contribution in [0.5, 0.6) is 0 Å². The lowest BCUT2D eigenvalue weighted by Crippen LogP contribution is -2.72. The van der Waals surface area contributed by atoms with Gasteiger partial charge in [-0.15, -0.1) is 0 Å².